The van der Waals surface area contributed by atoms with Gasteiger partial charge in [0.25, 0.3) is 11.8 Å². The van der Waals surface area contributed by atoms with Gasteiger partial charge in [0, 0.05) is 37.1 Å². The van der Waals surface area contributed by atoms with E-state index in [1.165, 1.54) is 0 Å². The molecule has 0 aliphatic heterocycles. The fraction of sp³-hybridized carbons (Fsp3) is 0.231. The summed E-state index contributed by atoms with van der Waals surface area (Å²) in [5, 5.41) is 5.65. The first-order chi connectivity index (χ1) is 16.2. The van der Waals surface area contributed by atoms with Crippen LogP contribution in [0.3, 0.4) is 0 Å². The highest BCUT2D eigenvalue weighted by Crippen LogP contribution is 2.16. The summed E-state index contributed by atoms with van der Waals surface area (Å²) in [6.07, 6.45) is 0.735. The van der Waals surface area contributed by atoms with Crippen LogP contribution >= 0.6 is 0 Å². The number of carbonyl (C=O) groups is 2. The van der Waals surface area contributed by atoms with Crippen molar-refractivity contribution in [2.45, 2.75) is 6.42 Å². The number of rotatable bonds is 12. The highest BCUT2D eigenvalue weighted by atomic mass is 16.5. The SMILES string of the molecule is COCCCNC(=O)c1cccc(NC(=O)c2ccc(OCCOc3ccccc3)cc2)c1. The Morgan fingerprint density at radius 1 is 0.727 bits per heavy atom. The van der Waals surface area contributed by atoms with Gasteiger partial charge >= 0.3 is 0 Å². The lowest BCUT2D eigenvalue weighted by atomic mass is 10.1. The number of amides is 2. The Bertz CT molecular complexity index is 1020. The van der Waals surface area contributed by atoms with Crippen LogP contribution in [0.15, 0.2) is 78.9 Å². The number of hydrogen-bond donors (Lipinski definition) is 2. The lowest BCUT2D eigenvalue weighted by molar-refractivity contribution is 0.0947. The molecule has 0 aliphatic carbocycles. The summed E-state index contributed by atoms with van der Waals surface area (Å²) in [5.41, 5.74) is 1.51. The van der Waals surface area contributed by atoms with Crippen molar-refractivity contribution in [3.05, 3.63) is 90.0 Å². The Morgan fingerprint density at radius 2 is 1.42 bits per heavy atom. The Kier molecular flexibility index (Phi) is 9.29. The Balaban J connectivity index is 1.46. The van der Waals surface area contributed by atoms with Gasteiger partial charge in [-0.2, -0.15) is 0 Å². The molecular formula is C26H28N2O5. The zero-order valence-corrected chi connectivity index (χ0v) is 18.6. The van der Waals surface area contributed by atoms with Crippen LogP contribution in [0.5, 0.6) is 11.5 Å². The van der Waals surface area contributed by atoms with Crippen LogP contribution in [-0.2, 0) is 4.74 Å². The molecule has 0 saturated heterocycles. The van der Waals surface area contributed by atoms with Crippen molar-refractivity contribution in [2.75, 3.05) is 38.8 Å². The normalized spacial score (nSPS) is 10.3. The molecule has 0 bridgehead atoms. The third-order valence-corrected chi connectivity index (χ3v) is 4.67. The standard InChI is InChI=1S/C26H28N2O5/c1-31-16-6-15-27-25(29)21-7-5-8-22(19-21)28-26(30)20-11-13-24(14-12-20)33-18-17-32-23-9-3-2-4-10-23/h2-5,7-14,19H,6,15-18H2,1H3,(H,27,29)(H,28,30). The van der Waals surface area contributed by atoms with Crippen molar-refractivity contribution in [1.82, 2.24) is 5.32 Å². The molecule has 3 aromatic carbocycles. The predicted molar refractivity (Wildman–Crippen MR) is 127 cm³/mol. The van der Waals surface area contributed by atoms with Gasteiger partial charge in [0.1, 0.15) is 24.7 Å². The molecule has 0 aliphatic rings. The average Bonchev–Trinajstić information content (AvgIpc) is 2.85. The summed E-state index contributed by atoms with van der Waals surface area (Å²) >= 11 is 0. The third-order valence-electron chi connectivity index (χ3n) is 4.67. The maximum atomic E-state index is 12.6. The fourth-order valence-electron chi connectivity index (χ4n) is 3.00. The first-order valence-corrected chi connectivity index (χ1v) is 10.7. The van der Waals surface area contributed by atoms with Crippen molar-refractivity contribution in [3.63, 3.8) is 0 Å². The molecule has 2 amide bonds. The maximum absolute atomic E-state index is 12.6. The minimum Gasteiger partial charge on any atom is -0.490 e. The summed E-state index contributed by atoms with van der Waals surface area (Å²) in [6, 6.07) is 23.2. The molecule has 3 rings (SSSR count). The molecule has 0 unspecified atom stereocenters. The zero-order chi connectivity index (χ0) is 23.3. The summed E-state index contributed by atoms with van der Waals surface area (Å²) in [5.74, 6) is 0.975. The molecular weight excluding hydrogens is 420 g/mol. The molecule has 33 heavy (non-hydrogen) atoms. The number of carbonyl (C=O) groups excluding carboxylic acids is 2. The van der Waals surface area contributed by atoms with E-state index in [0.29, 0.717) is 48.9 Å². The molecule has 0 aromatic heterocycles. The number of para-hydroxylation sites is 1. The quantitative estimate of drug-likeness (QED) is 0.406. The van der Waals surface area contributed by atoms with Gasteiger partial charge in [0.2, 0.25) is 0 Å². The van der Waals surface area contributed by atoms with Gasteiger partial charge < -0.3 is 24.8 Å². The van der Waals surface area contributed by atoms with E-state index in [2.05, 4.69) is 10.6 Å². The Hall–Kier alpha value is -3.84. The first-order valence-electron chi connectivity index (χ1n) is 10.7. The van der Waals surface area contributed by atoms with Gasteiger partial charge in [-0.05, 0) is 61.0 Å². The highest BCUT2D eigenvalue weighted by Gasteiger charge is 2.09. The van der Waals surface area contributed by atoms with Crippen molar-refractivity contribution in [2.24, 2.45) is 0 Å². The van der Waals surface area contributed by atoms with Crippen LogP contribution in [0.2, 0.25) is 0 Å². The monoisotopic (exact) mass is 448 g/mol. The van der Waals surface area contributed by atoms with Crippen molar-refractivity contribution >= 4 is 17.5 Å². The number of hydrogen-bond acceptors (Lipinski definition) is 5. The zero-order valence-electron chi connectivity index (χ0n) is 18.6. The molecule has 0 saturated carbocycles. The van der Waals surface area contributed by atoms with Crippen LogP contribution in [-0.4, -0.2) is 45.3 Å². The average molecular weight is 449 g/mol. The maximum Gasteiger partial charge on any atom is 0.255 e. The van der Waals surface area contributed by atoms with E-state index >= 15 is 0 Å². The van der Waals surface area contributed by atoms with Crippen LogP contribution in [0.1, 0.15) is 27.1 Å². The molecule has 7 heteroatoms. The van der Waals surface area contributed by atoms with Crippen LogP contribution in [0.25, 0.3) is 0 Å². The van der Waals surface area contributed by atoms with Gasteiger partial charge in [-0.15, -0.1) is 0 Å². The van der Waals surface area contributed by atoms with E-state index in [-0.39, 0.29) is 11.8 Å². The van der Waals surface area contributed by atoms with Crippen molar-refractivity contribution < 1.29 is 23.8 Å². The number of anilines is 1. The molecule has 0 radical (unpaired) electrons. The minimum absolute atomic E-state index is 0.194. The molecule has 0 spiro atoms. The third kappa shape index (κ3) is 7.97. The number of benzene rings is 3. The minimum atomic E-state index is -0.272. The van der Waals surface area contributed by atoms with Gasteiger partial charge in [-0.25, -0.2) is 0 Å². The largest absolute Gasteiger partial charge is 0.490 e. The van der Waals surface area contributed by atoms with Crippen LogP contribution < -0.4 is 20.1 Å². The van der Waals surface area contributed by atoms with Gasteiger partial charge in [0.15, 0.2) is 0 Å². The summed E-state index contributed by atoms with van der Waals surface area (Å²) in [6.45, 7) is 1.92. The number of nitrogens with one attached hydrogen (secondary N) is 2. The number of methoxy groups -OCH3 is 1. The molecule has 0 fully saturated rings. The second-order valence-electron chi connectivity index (χ2n) is 7.17. The molecule has 0 heterocycles. The van der Waals surface area contributed by atoms with Crippen LogP contribution in [0, 0.1) is 0 Å². The predicted octanol–water partition coefficient (Wildman–Crippen LogP) is 4.16. The van der Waals surface area contributed by atoms with Crippen molar-refractivity contribution in [1.29, 1.82) is 0 Å². The number of ether oxygens (including phenoxy) is 3. The van der Waals surface area contributed by atoms with E-state index in [4.69, 9.17) is 14.2 Å². The van der Waals surface area contributed by atoms with Crippen molar-refractivity contribution in [3.8, 4) is 11.5 Å². The summed E-state index contributed by atoms with van der Waals surface area (Å²) < 4.78 is 16.2. The van der Waals surface area contributed by atoms with Gasteiger partial charge in [-0.3, -0.25) is 9.59 Å². The van der Waals surface area contributed by atoms with E-state index in [1.54, 1.807) is 55.6 Å². The molecule has 2 N–H and O–H groups in total. The second kappa shape index (κ2) is 12.9. The highest BCUT2D eigenvalue weighted by molar-refractivity contribution is 6.05. The van der Waals surface area contributed by atoms with E-state index < -0.39 is 0 Å². The lowest BCUT2D eigenvalue weighted by Crippen LogP contribution is -2.25. The Labute approximate surface area is 193 Å². The smallest absolute Gasteiger partial charge is 0.255 e. The van der Waals surface area contributed by atoms with E-state index in [0.717, 1.165) is 12.2 Å². The molecule has 172 valence electrons. The lowest BCUT2D eigenvalue weighted by Gasteiger charge is -2.10. The molecule has 0 atom stereocenters. The van der Waals surface area contributed by atoms with Gasteiger partial charge in [0.05, 0.1) is 0 Å². The first kappa shape index (κ1) is 23.8. The topological polar surface area (TPSA) is 85.9 Å². The van der Waals surface area contributed by atoms with E-state index in [9.17, 15) is 9.59 Å². The summed E-state index contributed by atoms with van der Waals surface area (Å²) in [4.78, 5) is 24.8. The summed E-state index contributed by atoms with van der Waals surface area (Å²) in [7, 11) is 1.62. The second-order valence-corrected chi connectivity index (χ2v) is 7.17. The van der Waals surface area contributed by atoms with Crippen LogP contribution in [0.4, 0.5) is 5.69 Å². The van der Waals surface area contributed by atoms with E-state index in [1.807, 2.05) is 30.3 Å². The molecule has 7 nitrogen and oxygen atoms in total. The fourth-order valence-corrected chi connectivity index (χ4v) is 3.00. The Morgan fingerprint density at radius 3 is 2.12 bits per heavy atom. The molecule has 3 aromatic rings. The van der Waals surface area contributed by atoms with Gasteiger partial charge in [-0.1, -0.05) is 24.3 Å².